The van der Waals surface area contributed by atoms with E-state index in [0.29, 0.717) is 35.4 Å². The van der Waals surface area contributed by atoms with Crippen molar-refractivity contribution in [3.63, 3.8) is 0 Å². The molecule has 3 aromatic rings. The summed E-state index contributed by atoms with van der Waals surface area (Å²) in [7, 11) is 1.64. The first kappa shape index (κ1) is 28.1. The Bertz CT molecular complexity index is 1340. The van der Waals surface area contributed by atoms with Crippen LogP contribution in [0.25, 0.3) is 0 Å². The average molecular weight is 628 g/mol. The summed E-state index contributed by atoms with van der Waals surface area (Å²) in [4.78, 5) is 8.96. The number of nitrogens with two attached hydrogens (primary N) is 2. The molecule has 0 saturated carbocycles. The monoisotopic (exact) mass is 626 g/mol. The number of ether oxygens (including phenoxy) is 1. The SMILES string of the molecule is COc1ccc(CCN=CC(=NN)c2cccc(C(C=NCCc3ccc(O)c(Br)c3)=NN)c2)cc1Br. The van der Waals surface area contributed by atoms with Gasteiger partial charge in [-0.15, -0.1) is 0 Å². The second-order valence-electron chi connectivity index (χ2n) is 7.93. The van der Waals surface area contributed by atoms with E-state index >= 15 is 0 Å². The van der Waals surface area contributed by atoms with E-state index in [9.17, 15) is 5.11 Å². The predicted molar refractivity (Wildman–Crippen MR) is 159 cm³/mol. The van der Waals surface area contributed by atoms with Crippen molar-refractivity contribution in [3.8, 4) is 11.5 Å². The molecule has 3 rings (SSSR count). The van der Waals surface area contributed by atoms with E-state index in [0.717, 1.165) is 38.9 Å². The van der Waals surface area contributed by atoms with E-state index in [4.69, 9.17) is 16.4 Å². The molecule has 10 heteroatoms. The number of hydrogen-bond donors (Lipinski definition) is 3. The van der Waals surface area contributed by atoms with Crippen LogP contribution in [0.1, 0.15) is 22.3 Å². The lowest BCUT2D eigenvalue weighted by atomic mass is 10.0. The summed E-state index contributed by atoms with van der Waals surface area (Å²) in [5, 5.41) is 17.4. The molecule has 5 N–H and O–H groups in total. The normalized spacial score (nSPS) is 12.5. The molecule has 0 aliphatic rings. The molecule has 0 spiro atoms. The molecule has 0 bridgehead atoms. The molecule has 0 fully saturated rings. The van der Waals surface area contributed by atoms with Crippen molar-refractivity contribution in [1.82, 2.24) is 0 Å². The Hall–Kier alpha value is -3.50. The van der Waals surface area contributed by atoms with Gasteiger partial charge < -0.3 is 21.5 Å². The highest BCUT2D eigenvalue weighted by atomic mass is 79.9. The zero-order valence-electron chi connectivity index (χ0n) is 20.3. The minimum atomic E-state index is 0.209. The quantitative estimate of drug-likeness (QED) is 0.159. The van der Waals surface area contributed by atoms with E-state index in [1.807, 2.05) is 54.6 Å². The van der Waals surface area contributed by atoms with Crippen LogP contribution in [0.4, 0.5) is 0 Å². The minimum Gasteiger partial charge on any atom is -0.507 e. The van der Waals surface area contributed by atoms with Crippen LogP contribution in [-0.4, -0.2) is 49.2 Å². The van der Waals surface area contributed by atoms with Gasteiger partial charge in [-0.3, -0.25) is 9.98 Å². The number of rotatable bonds is 11. The highest BCUT2D eigenvalue weighted by Crippen LogP contribution is 2.26. The molecule has 3 aromatic carbocycles. The van der Waals surface area contributed by atoms with Crippen LogP contribution in [0, 0.1) is 0 Å². The van der Waals surface area contributed by atoms with Gasteiger partial charge in [0.1, 0.15) is 22.9 Å². The van der Waals surface area contributed by atoms with Crippen LogP contribution in [-0.2, 0) is 12.8 Å². The standard InChI is InChI=1S/C27H28Br2N6O2/c1-37-27-8-6-19(14-23(27)29)10-12-33-17-25(35-31)21-4-2-3-20(15-21)24(34-30)16-32-11-9-18-5-7-26(36)22(28)13-18/h2-8,13-17,36H,9-12,30-31H2,1H3. The molecular formula is C27H28Br2N6O2. The predicted octanol–water partition coefficient (Wildman–Crippen LogP) is 4.88. The van der Waals surface area contributed by atoms with Crippen molar-refractivity contribution < 1.29 is 9.84 Å². The van der Waals surface area contributed by atoms with Gasteiger partial charge in [0.2, 0.25) is 0 Å². The summed E-state index contributed by atoms with van der Waals surface area (Å²) in [6.45, 7) is 1.13. The molecule has 0 saturated heterocycles. The summed E-state index contributed by atoms with van der Waals surface area (Å²) in [5.74, 6) is 12.3. The molecule has 0 aliphatic carbocycles. The number of hydrazone groups is 2. The topological polar surface area (TPSA) is 131 Å². The number of nitrogens with zero attached hydrogens (tertiary/aromatic N) is 4. The van der Waals surface area contributed by atoms with Gasteiger partial charge in [-0.25, -0.2) is 0 Å². The van der Waals surface area contributed by atoms with Crippen LogP contribution in [0.15, 0.2) is 89.8 Å². The lowest BCUT2D eigenvalue weighted by molar-refractivity contribution is 0.412. The molecule has 37 heavy (non-hydrogen) atoms. The second-order valence-corrected chi connectivity index (χ2v) is 9.64. The molecule has 192 valence electrons. The third-order valence-corrected chi connectivity index (χ3v) is 6.70. The van der Waals surface area contributed by atoms with Gasteiger partial charge in [-0.05, 0) is 86.2 Å². The number of benzene rings is 3. The van der Waals surface area contributed by atoms with Gasteiger partial charge in [-0.2, -0.15) is 10.2 Å². The van der Waals surface area contributed by atoms with Crippen LogP contribution >= 0.6 is 31.9 Å². The summed E-state index contributed by atoms with van der Waals surface area (Å²) >= 11 is 6.83. The Morgan fingerprint density at radius 3 is 1.84 bits per heavy atom. The van der Waals surface area contributed by atoms with Gasteiger partial charge in [-0.1, -0.05) is 30.3 Å². The van der Waals surface area contributed by atoms with Crippen LogP contribution in [0.3, 0.4) is 0 Å². The third kappa shape index (κ3) is 8.26. The molecule has 0 amide bonds. The summed E-state index contributed by atoms with van der Waals surface area (Å²) in [5.41, 5.74) is 4.85. The highest BCUT2D eigenvalue weighted by molar-refractivity contribution is 9.10. The van der Waals surface area contributed by atoms with Gasteiger partial charge in [0, 0.05) is 36.6 Å². The Labute approximate surface area is 233 Å². The van der Waals surface area contributed by atoms with E-state index in [-0.39, 0.29) is 5.75 Å². The number of phenols is 1. The Kier molecular flexibility index (Phi) is 10.8. The van der Waals surface area contributed by atoms with Crippen molar-refractivity contribution in [2.45, 2.75) is 12.8 Å². The maximum absolute atomic E-state index is 9.62. The van der Waals surface area contributed by atoms with Crippen molar-refractivity contribution in [2.24, 2.45) is 31.9 Å². The van der Waals surface area contributed by atoms with Crippen molar-refractivity contribution in [1.29, 1.82) is 0 Å². The Balaban J connectivity index is 1.61. The smallest absolute Gasteiger partial charge is 0.133 e. The largest absolute Gasteiger partial charge is 0.507 e. The number of aliphatic imine (C=N–C) groups is 2. The van der Waals surface area contributed by atoms with Crippen molar-refractivity contribution >= 4 is 55.7 Å². The van der Waals surface area contributed by atoms with Crippen LogP contribution in [0.5, 0.6) is 11.5 Å². The molecule has 0 radical (unpaired) electrons. The maximum Gasteiger partial charge on any atom is 0.133 e. The van der Waals surface area contributed by atoms with E-state index < -0.39 is 0 Å². The number of aromatic hydroxyl groups is 1. The lowest BCUT2D eigenvalue weighted by Gasteiger charge is -2.06. The zero-order chi connectivity index (χ0) is 26.6. The minimum absolute atomic E-state index is 0.209. The van der Waals surface area contributed by atoms with Crippen molar-refractivity contribution in [3.05, 3.63) is 91.9 Å². The number of halogens is 2. The van der Waals surface area contributed by atoms with Gasteiger partial charge in [0.05, 0.1) is 16.1 Å². The fraction of sp³-hybridized carbons (Fsp3) is 0.185. The first-order valence-corrected chi connectivity index (χ1v) is 13.0. The van der Waals surface area contributed by atoms with Gasteiger partial charge >= 0.3 is 0 Å². The van der Waals surface area contributed by atoms with Gasteiger partial charge in [0.15, 0.2) is 0 Å². The highest BCUT2D eigenvalue weighted by Gasteiger charge is 2.07. The number of methoxy groups -OCH3 is 1. The molecule has 8 nitrogen and oxygen atoms in total. The molecular weight excluding hydrogens is 600 g/mol. The fourth-order valence-corrected chi connectivity index (χ4v) is 4.48. The summed E-state index contributed by atoms with van der Waals surface area (Å²) in [6.07, 6.45) is 4.79. The maximum atomic E-state index is 9.62. The molecule has 0 heterocycles. The first-order chi connectivity index (χ1) is 17.9. The Morgan fingerprint density at radius 1 is 0.811 bits per heavy atom. The summed E-state index contributed by atoms with van der Waals surface area (Å²) < 4.78 is 6.83. The Morgan fingerprint density at radius 2 is 1.35 bits per heavy atom. The molecule has 0 aliphatic heterocycles. The first-order valence-electron chi connectivity index (χ1n) is 11.4. The third-order valence-electron chi connectivity index (χ3n) is 5.45. The van der Waals surface area contributed by atoms with Gasteiger partial charge in [0.25, 0.3) is 0 Å². The lowest BCUT2D eigenvalue weighted by Crippen LogP contribution is -2.11. The van der Waals surface area contributed by atoms with Crippen LogP contribution < -0.4 is 16.4 Å². The number of hydrogen-bond acceptors (Lipinski definition) is 8. The number of phenolic OH excluding ortho intramolecular Hbond substituents is 1. The van der Waals surface area contributed by atoms with Crippen LogP contribution in [0.2, 0.25) is 0 Å². The molecule has 0 aromatic heterocycles. The average Bonchev–Trinajstić information content (AvgIpc) is 2.91. The molecule has 0 unspecified atom stereocenters. The van der Waals surface area contributed by atoms with Crippen molar-refractivity contribution in [2.75, 3.05) is 20.2 Å². The molecule has 0 atom stereocenters. The zero-order valence-corrected chi connectivity index (χ0v) is 23.5. The fourth-order valence-electron chi connectivity index (χ4n) is 3.46. The van der Waals surface area contributed by atoms with E-state index in [2.05, 4.69) is 52.0 Å². The summed E-state index contributed by atoms with van der Waals surface area (Å²) in [6, 6.07) is 18.9. The van der Waals surface area contributed by atoms with E-state index in [1.54, 1.807) is 25.6 Å². The second kappa shape index (κ2) is 14.3. The van der Waals surface area contributed by atoms with E-state index in [1.165, 1.54) is 0 Å².